The average molecular weight is 503 g/mol. The van der Waals surface area contributed by atoms with Crippen LogP contribution in [0.4, 0.5) is 20.3 Å². The summed E-state index contributed by atoms with van der Waals surface area (Å²) in [6.07, 6.45) is 3.61. The van der Waals surface area contributed by atoms with E-state index in [0.29, 0.717) is 5.82 Å². The lowest BCUT2D eigenvalue weighted by molar-refractivity contribution is 0.111. The largest absolute Gasteiger partial charge is 0.364 e. The lowest BCUT2D eigenvalue weighted by Crippen LogP contribution is -2.59. The molecule has 192 valence electrons. The molecule has 1 aliphatic rings. The molecule has 8 heteroatoms. The van der Waals surface area contributed by atoms with Crippen molar-refractivity contribution in [2.45, 2.75) is 44.8 Å². The first kappa shape index (κ1) is 25.0. The molecule has 5 rings (SSSR count). The third kappa shape index (κ3) is 4.99. The number of hydrogen-bond acceptors (Lipinski definition) is 6. The van der Waals surface area contributed by atoms with Crippen molar-refractivity contribution in [3.05, 3.63) is 95.7 Å². The van der Waals surface area contributed by atoms with Gasteiger partial charge in [-0.05, 0) is 60.4 Å². The fourth-order valence-electron chi connectivity index (χ4n) is 5.50. The van der Waals surface area contributed by atoms with Crippen LogP contribution in [-0.4, -0.2) is 40.0 Å². The smallest absolute Gasteiger partial charge is 0.142 e. The summed E-state index contributed by atoms with van der Waals surface area (Å²) in [7, 11) is 0. The van der Waals surface area contributed by atoms with Crippen molar-refractivity contribution in [3.63, 3.8) is 0 Å². The summed E-state index contributed by atoms with van der Waals surface area (Å²) in [5.74, 6) is 5.81. The molecule has 2 aromatic carbocycles. The molecule has 37 heavy (non-hydrogen) atoms. The Kier molecular flexibility index (Phi) is 7.30. The maximum absolute atomic E-state index is 13.8. The van der Waals surface area contributed by atoms with Crippen molar-refractivity contribution in [1.82, 2.24) is 14.9 Å². The van der Waals surface area contributed by atoms with Gasteiger partial charge in [0.05, 0.1) is 17.2 Å². The van der Waals surface area contributed by atoms with Crippen LogP contribution in [0.5, 0.6) is 0 Å². The molecule has 0 amide bonds. The van der Waals surface area contributed by atoms with Crippen LogP contribution < -0.4 is 16.2 Å². The number of benzene rings is 2. The fraction of sp³-hybridized carbons (Fsp3) is 0.310. The van der Waals surface area contributed by atoms with Crippen LogP contribution in [0.2, 0.25) is 0 Å². The third-order valence-corrected chi connectivity index (χ3v) is 7.39. The Balaban J connectivity index is 1.57. The molecule has 3 heterocycles. The van der Waals surface area contributed by atoms with Crippen molar-refractivity contribution < 1.29 is 8.78 Å². The molecule has 0 radical (unpaired) electrons. The van der Waals surface area contributed by atoms with Gasteiger partial charge in [-0.15, -0.1) is 0 Å². The van der Waals surface area contributed by atoms with Gasteiger partial charge in [-0.25, -0.2) is 19.6 Å². The summed E-state index contributed by atoms with van der Waals surface area (Å²) >= 11 is 0. The van der Waals surface area contributed by atoms with Crippen LogP contribution >= 0.6 is 0 Å². The molecule has 2 atom stereocenters. The lowest BCUT2D eigenvalue weighted by atomic mass is 9.91. The van der Waals surface area contributed by atoms with E-state index in [1.54, 1.807) is 6.20 Å². The van der Waals surface area contributed by atoms with Gasteiger partial charge in [-0.1, -0.05) is 38.1 Å². The van der Waals surface area contributed by atoms with E-state index < -0.39 is 0 Å². The third-order valence-electron chi connectivity index (χ3n) is 7.39. The van der Waals surface area contributed by atoms with E-state index in [4.69, 9.17) is 5.84 Å². The number of nitrogens with two attached hydrogens (primary N) is 1. The lowest BCUT2D eigenvalue weighted by Gasteiger charge is -2.50. The van der Waals surface area contributed by atoms with Crippen molar-refractivity contribution >= 4 is 22.5 Å². The topological polar surface area (TPSA) is 70.3 Å². The van der Waals surface area contributed by atoms with Crippen molar-refractivity contribution in [1.29, 1.82) is 0 Å². The Labute approximate surface area is 216 Å². The normalized spacial score (nSPS) is 18.5. The number of hydrazine groups is 1. The zero-order valence-corrected chi connectivity index (χ0v) is 21.1. The van der Waals surface area contributed by atoms with Gasteiger partial charge in [0.15, 0.2) is 0 Å². The monoisotopic (exact) mass is 502 g/mol. The van der Waals surface area contributed by atoms with Crippen LogP contribution in [0.1, 0.15) is 43.9 Å². The molecule has 0 bridgehead atoms. The van der Waals surface area contributed by atoms with Crippen LogP contribution in [0.15, 0.2) is 72.9 Å². The molecule has 2 aromatic heterocycles. The summed E-state index contributed by atoms with van der Waals surface area (Å²) in [4.78, 5) is 14.2. The van der Waals surface area contributed by atoms with Crippen molar-refractivity contribution in [2.24, 2.45) is 5.84 Å². The minimum Gasteiger partial charge on any atom is -0.364 e. The maximum Gasteiger partial charge on any atom is 0.142 e. The predicted molar refractivity (Wildman–Crippen MR) is 144 cm³/mol. The number of nitrogens with zero attached hydrogens (tertiary/aromatic N) is 4. The molecule has 3 N–H and O–H groups in total. The average Bonchev–Trinajstić information content (AvgIpc) is 2.94. The van der Waals surface area contributed by atoms with Crippen molar-refractivity contribution in [2.75, 3.05) is 23.4 Å². The number of piperazine rings is 1. The Morgan fingerprint density at radius 2 is 1.54 bits per heavy atom. The molecule has 1 fully saturated rings. The predicted octanol–water partition coefficient (Wildman–Crippen LogP) is 5.66. The van der Waals surface area contributed by atoms with E-state index in [2.05, 4.69) is 39.0 Å². The second kappa shape index (κ2) is 10.8. The number of nitrogen functional groups attached to an aromatic ring is 1. The zero-order valence-electron chi connectivity index (χ0n) is 21.1. The summed E-state index contributed by atoms with van der Waals surface area (Å²) < 4.78 is 27.7. The Morgan fingerprint density at radius 3 is 2.11 bits per heavy atom. The molecule has 0 unspecified atom stereocenters. The number of hydrogen-bond donors (Lipinski definition) is 2. The van der Waals surface area contributed by atoms with Gasteiger partial charge in [0.25, 0.3) is 0 Å². The molecular weight excluding hydrogens is 470 g/mol. The van der Waals surface area contributed by atoms with Gasteiger partial charge in [0.2, 0.25) is 0 Å². The number of rotatable bonds is 7. The molecule has 6 nitrogen and oxygen atoms in total. The van der Waals surface area contributed by atoms with Crippen LogP contribution in [0.25, 0.3) is 11.0 Å². The summed E-state index contributed by atoms with van der Waals surface area (Å²) in [6.45, 7) is 5.92. The minimum absolute atomic E-state index is 0.129. The Bertz CT molecular complexity index is 1300. The highest BCUT2D eigenvalue weighted by atomic mass is 19.1. The van der Waals surface area contributed by atoms with Gasteiger partial charge in [0.1, 0.15) is 23.0 Å². The summed E-state index contributed by atoms with van der Waals surface area (Å²) in [5.41, 5.74) is 7.31. The zero-order chi connectivity index (χ0) is 25.9. The van der Waals surface area contributed by atoms with E-state index in [9.17, 15) is 8.78 Å². The fourth-order valence-corrected chi connectivity index (χ4v) is 5.50. The standard InChI is InChI=1S/C29H32F2N6/c1-3-23-18-37(29(19-7-11-21(30)12-8-19)20-9-13-22(31)14-10-20)24(4-2)17-36(23)26-16-27(35-32)34-25-6-5-15-33-28(25)26/h5-16,23-24,29H,3-4,17-18,32H2,1-2H3,(H,34,35)/t23-,24+/m0/s1. The molecule has 1 saturated heterocycles. The van der Waals surface area contributed by atoms with Gasteiger partial charge < -0.3 is 10.3 Å². The second-order valence-electron chi connectivity index (χ2n) is 9.52. The maximum atomic E-state index is 13.8. The van der Waals surface area contributed by atoms with Gasteiger partial charge >= 0.3 is 0 Å². The van der Waals surface area contributed by atoms with E-state index in [1.807, 2.05) is 42.5 Å². The number of anilines is 2. The van der Waals surface area contributed by atoms with Crippen molar-refractivity contribution in [3.8, 4) is 0 Å². The van der Waals surface area contributed by atoms with Gasteiger partial charge in [-0.2, -0.15) is 0 Å². The molecule has 0 saturated carbocycles. The summed E-state index contributed by atoms with van der Waals surface area (Å²) in [5, 5.41) is 0. The highest BCUT2D eigenvalue weighted by Crippen LogP contribution is 2.38. The number of aromatic nitrogens is 2. The first-order chi connectivity index (χ1) is 18.0. The number of pyridine rings is 2. The number of nitrogens with one attached hydrogen (secondary N) is 1. The molecule has 0 aliphatic carbocycles. The molecule has 0 spiro atoms. The molecule has 1 aliphatic heterocycles. The second-order valence-corrected chi connectivity index (χ2v) is 9.52. The first-order valence-corrected chi connectivity index (χ1v) is 12.8. The van der Waals surface area contributed by atoms with E-state index in [1.165, 1.54) is 24.3 Å². The Hall–Kier alpha value is -3.62. The highest BCUT2D eigenvalue weighted by Gasteiger charge is 2.38. The van der Waals surface area contributed by atoms with E-state index in [-0.39, 0.29) is 29.8 Å². The quantitative estimate of drug-likeness (QED) is 0.251. The van der Waals surface area contributed by atoms with Crippen LogP contribution in [0, 0.1) is 11.6 Å². The van der Waals surface area contributed by atoms with Crippen LogP contribution in [0.3, 0.4) is 0 Å². The molecule has 4 aromatic rings. The van der Waals surface area contributed by atoms with E-state index in [0.717, 1.165) is 53.8 Å². The van der Waals surface area contributed by atoms with Gasteiger partial charge in [0, 0.05) is 37.4 Å². The number of fused-ring (bicyclic) bond motifs is 1. The van der Waals surface area contributed by atoms with Gasteiger partial charge in [-0.3, -0.25) is 9.88 Å². The summed E-state index contributed by atoms with van der Waals surface area (Å²) in [6, 6.07) is 19.4. The van der Waals surface area contributed by atoms with E-state index >= 15 is 0 Å². The minimum atomic E-state index is -0.272. The molecular formula is C29H32F2N6. The van der Waals surface area contributed by atoms with Crippen LogP contribution in [-0.2, 0) is 0 Å². The SMILES string of the molecule is CC[C@H]1CN(C(c2ccc(F)cc2)c2ccc(F)cc2)[C@H](CC)CN1c1cc(NN)nc2cccnc12. The first-order valence-electron chi connectivity index (χ1n) is 12.8. The number of halogens is 2. The Morgan fingerprint density at radius 1 is 0.919 bits per heavy atom. The highest BCUT2D eigenvalue weighted by molar-refractivity contribution is 5.90.